The summed E-state index contributed by atoms with van der Waals surface area (Å²) in [5, 5.41) is 4.68. The first kappa shape index (κ1) is 28.7. The van der Waals surface area contributed by atoms with Crippen molar-refractivity contribution in [1.29, 1.82) is 0 Å². The topological polar surface area (TPSA) is 78.8 Å². The molecule has 10 heteroatoms. The first-order valence-electron chi connectivity index (χ1n) is 14.3. The van der Waals surface area contributed by atoms with E-state index in [1.165, 1.54) is 30.8 Å². The van der Waals surface area contributed by atoms with Crippen LogP contribution in [0.5, 0.6) is 0 Å². The normalized spacial score (nSPS) is 17.0. The third-order valence-corrected chi connectivity index (χ3v) is 9.16. The van der Waals surface area contributed by atoms with Gasteiger partial charge in [-0.3, -0.25) is 19.3 Å². The van der Waals surface area contributed by atoms with Crippen LogP contribution in [0.25, 0.3) is 16.9 Å². The predicted molar refractivity (Wildman–Crippen MR) is 166 cm³/mol. The molecule has 0 aliphatic carbocycles. The summed E-state index contributed by atoms with van der Waals surface area (Å²) in [6.07, 6.45) is 0. The molecule has 6 rings (SSSR count). The lowest BCUT2D eigenvalue weighted by Crippen LogP contribution is -2.53. The molecule has 43 heavy (non-hydrogen) atoms. The molecule has 0 N–H and O–H groups in total. The van der Waals surface area contributed by atoms with E-state index >= 15 is 0 Å². The Labute approximate surface area is 254 Å². The molecule has 3 amide bonds. The number of aromatic nitrogens is 2. The van der Waals surface area contributed by atoms with Gasteiger partial charge in [0.1, 0.15) is 18.2 Å². The van der Waals surface area contributed by atoms with Crippen molar-refractivity contribution in [3.05, 3.63) is 101 Å². The fourth-order valence-corrected chi connectivity index (χ4v) is 6.89. The molecule has 1 atom stereocenters. The van der Waals surface area contributed by atoms with Crippen LogP contribution in [0, 0.1) is 12.7 Å². The Morgan fingerprint density at radius 3 is 2.35 bits per heavy atom. The third-order valence-electron chi connectivity index (χ3n) is 7.90. The fraction of sp³-hybridized carbons (Fsp3) is 0.273. The minimum absolute atomic E-state index is 0.0182. The van der Waals surface area contributed by atoms with E-state index < -0.39 is 5.25 Å². The van der Waals surface area contributed by atoms with Gasteiger partial charge >= 0.3 is 0 Å². The number of aryl methyl sites for hydroxylation is 1. The summed E-state index contributed by atoms with van der Waals surface area (Å²) >= 11 is 1.41. The maximum absolute atomic E-state index is 14.6. The average Bonchev–Trinajstić information content (AvgIpc) is 3.34. The van der Waals surface area contributed by atoms with Crippen molar-refractivity contribution in [2.24, 2.45) is 0 Å². The zero-order valence-corrected chi connectivity index (χ0v) is 24.9. The second-order valence-corrected chi connectivity index (χ2v) is 11.9. The van der Waals surface area contributed by atoms with Crippen LogP contribution in [0.3, 0.4) is 0 Å². The first-order chi connectivity index (χ1) is 20.8. The van der Waals surface area contributed by atoms with Crippen LogP contribution in [-0.4, -0.2) is 75.8 Å². The zero-order chi connectivity index (χ0) is 30.1. The van der Waals surface area contributed by atoms with E-state index in [1.54, 1.807) is 25.4 Å². The van der Waals surface area contributed by atoms with Crippen molar-refractivity contribution >= 4 is 35.3 Å². The second-order valence-electron chi connectivity index (χ2n) is 10.8. The summed E-state index contributed by atoms with van der Waals surface area (Å²) in [4.78, 5) is 44.5. The van der Waals surface area contributed by atoms with Crippen LogP contribution in [-0.2, 0) is 14.4 Å². The highest BCUT2D eigenvalue weighted by Crippen LogP contribution is 2.48. The SMILES string of the molecule is CC(=O)N1CCN(C(=O)CN2C(=O)CS[C@H](c3cccc(F)c3)c3c(-c4ccccc4)nn(-c4cccc(C)c4)c32)CC1. The van der Waals surface area contributed by atoms with Gasteiger partial charge in [0.05, 0.1) is 22.4 Å². The van der Waals surface area contributed by atoms with Gasteiger partial charge in [-0.15, -0.1) is 11.8 Å². The Kier molecular flexibility index (Phi) is 8.03. The number of carbonyl (C=O) groups is 3. The van der Waals surface area contributed by atoms with Gasteiger partial charge in [0, 0.05) is 44.2 Å². The number of rotatable bonds is 5. The molecule has 8 nitrogen and oxygen atoms in total. The number of nitrogens with zero attached hydrogens (tertiary/aromatic N) is 5. The first-order valence-corrected chi connectivity index (χ1v) is 15.3. The molecule has 3 aromatic carbocycles. The van der Waals surface area contributed by atoms with E-state index in [0.717, 1.165) is 22.4 Å². The monoisotopic (exact) mass is 597 g/mol. The van der Waals surface area contributed by atoms with Gasteiger partial charge < -0.3 is 9.80 Å². The molecule has 2 aliphatic heterocycles. The number of thioether (sulfide) groups is 1. The van der Waals surface area contributed by atoms with E-state index in [9.17, 15) is 18.8 Å². The molecular weight excluding hydrogens is 565 g/mol. The van der Waals surface area contributed by atoms with Gasteiger partial charge in [0.25, 0.3) is 0 Å². The highest BCUT2D eigenvalue weighted by Gasteiger charge is 2.38. The molecule has 0 unspecified atom stereocenters. The average molecular weight is 598 g/mol. The number of carbonyl (C=O) groups excluding carboxylic acids is 3. The molecule has 3 heterocycles. The molecule has 4 aromatic rings. The smallest absolute Gasteiger partial charge is 0.242 e. The summed E-state index contributed by atoms with van der Waals surface area (Å²) in [6, 6.07) is 24.0. The van der Waals surface area contributed by atoms with E-state index in [2.05, 4.69) is 0 Å². The molecule has 1 fully saturated rings. The molecule has 0 radical (unpaired) electrons. The van der Waals surface area contributed by atoms with Gasteiger partial charge in [-0.05, 0) is 42.3 Å². The van der Waals surface area contributed by atoms with Crippen LogP contribution in [0.15, 0.2) is 78.9 Å². The lowest BCUT2D eigenvalue weighted by Gasteiger charge is -2.35. The van der Waals surface area contributed by atoms with Crippen LogP contribution in [0.4, 0.5) is 10.2 Å². The number of halogens is 1. The van der Waals surface area contributed by atoms with Crippen molar-refractivity contribution in [1.82, 2.24) is 19.6 Å². The van der Waals surface area contributed by atoms with Crippen LogP contribution >= 0.6 is 11.8 Å². The fourth-order valence-electron chi connectivity index (χ4n) is 5.71. The van der Waals surface area contributed by atoms with Crippen molar-refractivity contribution in [3.63, 3.8) is 0 Å². The zero-order valence-electron chi connectivity index (χ0n) is 24.1. The lowest BCUT2D eigenvalue weighted by atomic mass is 9.99. The Morgan fingerprint density at radius 2 is 1.65 bits per heavy atom. The highest BCUT2D eigenvalue weighted by atomic mass is 32.2. The number of benzene rings is 3. The molecule has 0 bridgehead atoms. The Morgan fingerprint density at radius 1 is 0.930 bits per heavy atom. The van der Waals surface area contributed by atoms with Crippen molar-refractivity contribution < 1.29 is 18.8 Å². The lowest BCUT2D eigenvalue weighted by molar-refractivity contribution is -0.137. The number of hydrogen-bond acceptors (Lipinski definition) is 5. The Hall–Kier alpha value is -4.44. The molecule has 1 aromatic heterocycles. The summed E-state index contributed by atoms with van der Waals surface area (Å²) in [5.41, 5.74) is 4.76. The minimum atomic E-state index is -0.414. The number of hydrogen-bond donors (Lipinski definition) is 0. The summed E-state index contributed by atoms with van der Waals surface area (Å²) in [5.74, 6) is -0.202. The molecule has 2 aliphatic rings. The van der Waals surface area contributed by atoms with Crippen LogP contribution < -0.4 is 4.90 Å². The van der Waals surface area contributed by atoms with Crippen molar-refractivity contribution in [3.8, 4) is 16.9 Å². The summed E-state index contributed by atoms with van der Waals surface area (Å²) in [7, 11) is 0. The van der Waals surface area contributed by atoms with Crippen molar-refractivity contribution in [2.45, 2.75) is 19.1 Å². The third kappa shape index (κ3) is 5.79. The quantitative estimate of drug-likeness (QED) is 0.329. The molecule has 0 saturated carbocycles. The van der Waals surface area contributed by atoms with E-state index in [-0.39, 0.29) is 35.8 Å². The Bertz CT molecular complexity index is 1680. The number of fused-ring (bicyclic) bond motifs is 1. The highest BCUT2D eigenvalue weighted by molar-refractivity contribution is 8.00. The number of amides is 3. The Balaban J connectivity index is 1.52. The van der Waals surface area contributed by atoms with Gasteiger partial charge in [-0.25, -0.2) is 9.07 Å². The van der Waals surface area contributed by atoms with E-state index in [4.69, 9.17) is 5.10 Å². The van der Waals surface area contributed by atoms with Crippen molar-refractivity contribution in [2.75, 3.05) is 43.4 Å². The maximum Gasteiger partial charge on any atom is 0.242 e. The van der Waals surface area contributed by atoms with Crippen LogP contribution in [0.1, 0.15) is 28.9 Å². The largest absolute Gasteiger partial charge is 0.339 e. The number of piperazine rings is 1. The van der Waals surface area contributed by atoms with Gasteiger partial charge in [-0.1, -0.05) is 54.6 Å². The molecule has 0 spiro atoms. The predicted octanol–water partition coefficient (Wildman–Crippen LogP) is 4.85. The molecule has 1 saturated heterocycles. The standard InChI is InChI=1S/C33H32FN5O3S/c1-22-8-6-13-27(18-22)39-33-30(31(35-39)24-9-4-3-5-10-24)32(25-11-7-12-26(34)19-25)43-21-29(42)38(33)20-28(41)37-16-14-36(15-17-37)23(2)40/h3-13,18-19,32H,14-17,20-21H2,1-2H3/t32-/m1/s1. The summed E-state index contributed by atoms with van der Waals surface area (Å²) in [6.45, 7) is 5.06. The minimum Gasteiger partial charge on any atom is -0.339 e. The van der Waals surface area contributed by atoms with Crippen LogP contribution in [0.2, 0.25) is 0 Å². The van der Waals surface area contributed by atoms with E-state index in [0.29, 0.717) is 43.3 Å². The van der Waals surface area contributed by atoms with E-state index in [1.807, 2.05) is 67.6 Å². The maximum atomic E-state index is 14.6. The second kappa shape index (κ2) is 12.0. The molecular formula is C33H32FN5O3S. The van der Waals surface area contributed by atoms with Gasteiger partial charge in [-0.2, -0.15) is 5.10 Å². The van der Waals surface area contributed by atoms with Gasteiger partial charge in [0.15, 0.2) is 0 Å². The number of anilines is 1. The van der Waals surface area contributed by atoms with Gasteiger partial charge in [0.2, 0.25) is 17.7 Å². The molecule has 220 valence electrons. The summed E-state index contributed by atoms with van der Waals surface area (Å²) < 4.78 is 16.3.